The van der Waals surface area contributed by atoms with E-state index in [1.807, 2.05) is 25.3 Å². The molecule has 2 unspecified atom stereocenters. The van der Waals surface area contributed by atoms with Gasteiger partial charge in [-0.25, -0.2) is 14.9 Å². The quantitative estimate of drug-likeness (QED) is 0.696. The van der Waals surface area contributed by atoms with E-state index in [4.69, 9.17) is 10.0 Å². The van der Waals surface area contributed by atoms with E-state index >= 15 is 0 Å². The second kappa shape index (κ2) is 8.08. The summed E-state index contributed by atoms with van der Waals surface area (Å²) >= 11 is 2.42. The first kappa shape index (κ1) is 17.6. The Hall–Kier alpha value is -0.490. The van der Waals surface area contributed by atoms with Crippen molar-refractivity contribution in [3.63, 3.8) is 0 Å². The third kappa shape index (κ3) is 6.31. The van der Waals surface area contributed by atoms with Crippen molar-refractivity contribution in [3.05, 3.63) is 17.0 Å². The summed E-state index contributed by atoms with van der Waals surface area (Å²) in [5.41, 5.74) is 6.70. The van der Waals surface area contributed by atoms with Gasteiger partial charge in [0.2, 0.25) is 0 Å². The van der Waals surface area contributed by atoms with Crippen molar-refractivity contribution in [2.45, 2.75) is 45.3 Å². The first-order valence-electron chi connectivity index (χ1n) is 6.51. The number of anilines is 1. The summed E-state index contributed by atoms with van der Waals surface area (Å²) < 4.78 is 16.8. The first-order valence-corrected chi connectivity index (χ1v) is 10.6. The van der Waals surface area contributed by atoms with Crippen LogP contribution >= 0.6 is 29.4 Å². The van der Waals surface area contributed by atoms with Gasteiger partial charge in [0, 0.05) is 5.25 Å². The molecule has 0 radical (unpaired) electrons. The van der Waals surface area contributed by atoms with E-state index in [-0.39, 0.29) is 5.25 Å². The Balaban J connectivity index is 2.51. The van der Waals surface area contributed by atoms with Gasteiger partial charge in [0.1, 0.15) is 0 Å². The maximum atomic E-state index is 12.0. The van der Waals surface area contributed by atoms with Gasteiger partial charge >= 0.3 is 12.8 Å². The molecule has 0 aliphatic rings. The second-order valence-corrected chi connectivity index (χ2v) is 9.79. The van der Waals surface area contributed by atoms with Gasteiger partial charge in [0.05, 0.1) is 5.00 Å². The molecule has 3 N–H and O–H groups in total. The largest absolute Gasteiger partial charge is 0.418 e. The molecule has 20 heavy (non-hydrogen) atoms. The summed E-state index contributed by atoms with van der Waals surface area (Å²) in [6.07, 6.45) is 2.05. The van der Waals surface area contributed by atoms with Gasteiger partial charge in [-0.3, -0.25) is 5.32 Å². The topological polar surface area (TPSA) is 81.4 Å². The van der Waals surface area contributed by atoms with Crippen LogP contribution in [0.5, 0.6) is 0 Å². The molecule has 0 aromatic carbocycles. The van der Waals surface area contributed by atoms with E-state index in [0.717, 1.165) is 36.2 Å². The summed E-state index contributed by atoms with van der Waals surface area (Å²) in [5.74, 6) is 0. The Morgan fingerprint density at radius 2 is 2.30 bits per heavy atom. The van der Waals surface area contributed by atoms with Crippen molar-refractivity contribution in [2.24, 2.45) is 5.50 Å². The Labute approximate surface area is 127 Å². The lowest BCUT2D eigenvalue weighted by Gasteiger charge is -2.15. The van der Waals surface area contributed by atoms with E-state index in [9.17, 15) is 9.36 Å². The van der Waals surface area contributed by atoms with Crippen LogP contribution in [-0.4, -0.2) is 11.3 Å². The van der Waals surface area contributed by atoms with Gasteiger partial charge in [-0.15, -0.1) is 11.3 Å². The Bertz CT molecular complexity index is 493. The van der Waals surface area contributed by atoms with Crippen molar-refractivity contribution in [1.82, 2.24) is 0 Å². The number of hydrogen-bond acceptors (Lipinski definition) is 5. The monoisotopic (exact) mass is 336 g/mol. The number of amides is 1. The number of hydrogen-bond donors (Lipinski definition) is 2. The molecule has 0 aliphatic carbocycles. The number of aryl methyl sites for hydroxylation is 1. The molecule has 0 saturated carbocycles. The van der Waals surface area contributed by atoms with Crippen LogP contribution in [0.2, 0.25) is 0 Å². The normalized spacial score (nSPS) is 15.4. The standard InChI is InChI=1S/C12H21N2O3PS2/c1-4-6-10-7-11(19-8-10)14-12(15)17-18(13,16)20-9(3)5-2/h7-9H,4-6H2,1-3H3,(H2,13,16)(H,14,15). The zero-order valence-corrected chi connectivity index (χ0v) is 14.4. The summed E-state index contributed by atoms with van der Waals surface area (Å²) in [5, 5.41) is 5.29. The predicted octanol–water partition coefficient (Wildman–Crippen LogP) is 4.85. The molecule has 0 aliphatic heterocycles. The van der Waals surface area contributed by atoms with Crippen molar-refractivity contribution >= 4 is 40.5 Å². The van der Waals surface area contributed by atoms with Crippen LogP contribution in [0.1, 0.15) is 39.2 Å². The maximum Gasteiger partial charge on any atom is 0.418 e. The van der Waals surface area contributed by atoms with Crippen molar-refractivity contribution in [1.29, 1.82) is 0 Å². The predicted molar refractivity (Wildman–Crippen MR) is 87.6 cm³/mol. The zero-order chi connectivity index (χ0) is 15.2. The molecular weight excluding hydrogens is 315 g/mol. The minimum Gasteiger partial charge on any atom is -0.376 e. The number of thiophene rings is 1. The SMILES string of the molecule is CCCc1csc(NC(=O)OP(N)(=O)SC(C)CC)c1. The molecule has 1 aromatic heterocycles. The smallest absolute Gasteiger partial charge is 0.376 e. The number of carbonyl (C=O) groups excluding carboxylic acids is 1. The molecule has 2 atom stereocenters. The van der Waals surface area contributed by atoms with E-state index in [1.54, 1.807) is 0 Å². The van der Waals surface area contributed by atoms with Gasteiger partial charge < -0.3 is 4.52 Å². The fourth-order valence-electron chi connectivity index (χ4n) is 1.45. The highest BCUT2D eigenvalue weighted by Crippen LogP contribution is 2.55. The number of nitrogens with two attached hydrogens (primary N) is 1. The molecule has 0 bridgehead atoms. The van der Waals surface area contributed by atoms with Crippen LogP contribution in [0.15, 0.2) is 11.4 Å². The number of carbonyl (C=O) groups is 1. The van der Waals surface area contributed by atoms with Crippen molar-refractivity contribution in [3.8, 4) is 0 Å². The average molecular weight is 336 g/mol. The third-order valence-electron chi connectivity index (χ3n) is 2.53. The Morgan fingerprint density at radius 1 is 1.60 bits per heavy atom. The van der Waals surface area contributed by atoms with Crippen LogP contribution in [0.4, 0.5) is 9.80 Å². The highest BCUT2D eigenvalue weighted by molar-refractivity contribution is 8.56. The molecule has 1 rings (SSSR count). The molecule has 8 heteroatoms. The third-order valence-corrected chi connectivity index (χ3v) is 7.02. The van der Waals surface area contributed by atoms with Gasteiger partial charge in [0.15, 0.2) is 0 Å². The van der Waals surface area contributed by atoms with E-state index in [2.05, 4.69) is 12.2 Å². The lowest BCUT2D eigenvalue weighted by molar-refractivity contribution is 0.217. The molecule has 0 fully saturated rings. The Morgan fingerprint density at radius 3 is 2.90 bits per heavy atom. The summed E-state index contributed by atoms with van der Waals surface area (Å²) in [6, 6.07) is 1.89. The average Bonchev–Trinajstić information content (AvgIpc) is 2.75. The summed E-state index contributed by atoms with van der Waals surface area (Å²) in [6.45, 7) is 2.49. The number of rotatable bonds is 7. The van der Waals surface area contributed by atoms with Crippen molar-refractivity contribution < 1.29 is 13.9 Å². The van der Waals surface area contributed by atoms with Crippen LogP contribution < -0.4 is 10.8 Å². The molecule has 1 amide bonds. The molecule has 0 spiro atoms. The van der Waals surface area contributed by atoms with Gasteiger partial charge in [-0.2, -0.15) is 0 Å². The van der Waals surface area contributed by atoms with Crippen LogP contribution in [0, 0.1) is 0 Å². The zero-order valence-electron chi connectivity index (χ0n) is 11.9. The van der Waals surface area contributed by atoms with E-state index in [1.165, 1.54) is 11.3 Å². The minimum atomic E-state index is -3.45. The van der Waals surface area contributed by atoms with Gasteiger partial charge in [-0.05, 0) is 41.2 Å². The Kier molecular flexibility index (Phi) is 7.09. The maximum absolute atomic E-state index is 12.0. The van der Waals surface area contributed by atoms with E-state index in [0.29, 0.717) is 5.00 Å². The molecule has 114 valence electrons. The fourth-order valence-corrected chi connectivity index (χ4v) is 5.53. The van der Waals surface area contributed by atoms with Gasteiger partial charge in [0.25, 0.3) is 0 Å². The van der Waals surface area contributed by atoms with Crippen LogP contribution in [-0.2, 0) is 15.5 Å². The van der Waals surface area contributed by atoms with E-state index < -0.39 is 12.8 Å². The van der Waals surface area contributed by atoms with Gasteiger partial charge in [-0.1, -0.05) is 27.2 Å². The lowest BCUT2D eigenvalue weighted by atomic mass is 10.2. The summed E-state index contributed by atoms with van der Waals surface area (Å²) in [7, 11) is 0. The highest BCUT2D eigenvalue weighted by atomic mass is 32.7. The lowest BCUT2D eigenvalue weighted by Crippen LogP contribution is -2.14. The summed E-state index contributed by atoms with van der Waals surface area (Å²) in [4.78, 5) is 11.7. The molecule has 0 saturated heterocycles. The minimum absolute atomic E-state index is 0.0801. The van der Waals surface area contributed by atoms with Crippen molar-refractivity contribution in [2.75, 3.05) is 5.32 Å². The molecule has 1 heterocycles. The fraction of sp³-hybridized carbons (Fsp3) is 0.583. The van der Waals surface area contributed by atoms with Crippen LogP contribution in [0.25, 0.3) is 0 Å². The molecular formula is C12H21N2O3PS2. The first-order chi connectivity index (χ1) is 9.36. The second-order valence-electron chi connectivity index (χ2n) is 4.44. The number of nitrogens with one attached hydrogen (secondary N) is 1. The molecule has 1 aromatic rings. The molecule has 5 nitrogen and oxygen atoms in total. The van der Waals surface area contributed by atoms with Crippen LogP contribution in [0.3, 0.4) is 0 Å². The highest BCUT2D eigenvalue weighted by Gasteiger charge is 2.25.